The van der Waals surface area contributed by atoms with E-state index in [1.807, 2.05) is 0 Å². The van der Waals surface area contributed by atoms with Crippen LogP contribution in [0.4, 0.5) is 0 Å². The van der Waals surface area contributed by atoms with Crippen LogP contribution in [0.5, 0.6) is 0 Å². The molecular formula is C12H16N2O2. The molecule has 16 heavy (non-hydrogen) atoms. The number of rotatable bonds is 5. The van der Waals surface area contributed by atoms with Crippen LogP contribution in [0.1, 0.15) is 21.8 Å². The van der Waals surface area contributed by atoms with E-state index in [0.29, 0.717) is 30.1 Å². The van der Waals surface area contributed by atoms with E-state index < -0.39 is 0 Å². The fraction of sp³-hybridized carbons (Fsp3) is 0.333. The van der Waals surface area contributed by atoms with Gasteiger partial charge in [-0.05, 0) is 13.8 Å². The quantitative estimate of drug-likeness (QED) is 0.714. The molecule has 0 fully saturated rings. The Morgan fingerprint density at radius 2 is 1.94 bits per heavy atom. The second-order valence-electron chi connectivity index (χ2n) is 3.49. The van der Waals surface area contributed by atoms with Crippen LogP contribution in [-0.2, 0) is 0 Å². The van der Waals surface area contributed by atoms with E-state index >= 15 is 0 Å². The van der Waals surface area contributed by atoms with Crippen LogP contribution in [0, 0.1) is 13.8 Å². The molecule has 0 aromatic carbocycles. The molecule has 0 spiro atoms. The molecule has 4 heteroatoms. The Kier molecular flexibility index (Phi) is 4.05. The third kappa shape index (κ3) is 2.39. The highest BCUT2D eigenvalue weighted by molar-refractivity contribution is 5.96. The van der Waals surface area contributed by atoms with Crippen LogP contribution >= 0.6 is 0 Å². The minimum Gasteiger partial charge on any atom is -0.361 e. The Morgan fingerprint density at radius 1 is 1.38 bits per heavy atom. The molecule has 0 aliphatic carbocycles. The summed E-state index contributed by atoms with van der Waals surface area (Å²) >= 11 is 0. The maximum Gasteiger partial charge on any atom is 0.259 e. The van der Waals surface area contributed by atoms with Crippen molar-refractivity contribution in [1.29, 1.82) is 0 Å². The van der Waals surface area contributed by atoms with Gasteiger partial charge < -0.3 is 9.42 Å². The van der Waals surface area contributed by atoms with Gasteiger partial charge in [-0.2, -0.15) is 0 Å². The summed E-state index contributed by atoms with van der Waals surface area (Å²) in [6.07, 6.45) is 3.36. The zero-order chi connectivity index (χ0) is 12.1. The van der Waals surface area contributed by atoms with E-state index in [4.69, 9.17) is 4.52 Å². The van der Waals surface area contributed by atoms with Gasteiger partial charge >= 0.3 is 0 Å². The second-order valence-corrected chi connectivity index (χ2v) is 3.49. The van der Waals surface area contributed by atoms with Gasteiger partial charge in [0.15, 0.2) is 0 Å². The van der Waals surface area contributed by atoms with Crippen LogP contribution in [-0.4, -0.2) is 29.1 Å². The van der Waals surface area contributed by atoms with Gasteiger partial charge in [0.05, 0.1) is 5.69 Å². The molecule has 4 nitrogen and oxygen atoms in total. The summed E-state index contributed by atoms with van der Waals surface area (Å²) in [7, 11) is 0. The molecule has 1 rings (SSSR count). The van der Waals surface area contributed by atoms with E-state index in [9.17, 15) is 4.79 Å². The van der Waals surface area contributed by atoms with Gasteiger partial charge in [-0.15, -0.1) is 13.2 Å². The Bertz CT molecular complexity index is 378. The summed E-state index contributed by atoms with van der Waals surface area (Å²) < 4.78 is 4.97. The first-order chi connectivity index (χ1) is 7.61. The number of carbonyl (C=O) groups is 1. The van der Waals surface area contributed by atoms with Gasteiger partial charge in [-0.25, -0.2) is 0 Å². The summed E-state index contributed by atoms with van der Waals surface area (Å²) in [4.78, 5) is 13.8. The zero-order valence-electron chi connectivity index (χ0n) is 9.69. The smallest absolute Gasteiger partial charge is 0.259 e. The zero-order valence-corrected chi connectivity index (χ0v) is 9.69. The maximum absolute atomic E-state index is 12.2. The maximum atomic E-state index is 12.2. The summed E-state index contributed by atoms with van der Waals surface area (Å²) in [6.45, 7) is 11.7. The lowest BCUT2D eigenvalue weighted by Gasteiger charge is -2.18. The van der Waals surface area contributed by atoms with Crippen LogP contribution < -0.4 is 0 Å². The van der Waals surface area contributed by atoms with Gasteiger partial charge in [-0.1, -0.05) is 17.3 Å². The fourth-order valence-corrected chi connectivity index (χ4v) is 1.50. The molecule has 0 atom stereocenters. The predicted octanol–water partition coefficient (Wildman–Crippen LogP) is 2.11. The third-order valence-electron chi connectivity index (χ3n) is 2.23. The largest absolute Gasteiger partial charge is 0.361 e. The number of aromatic nitrogens is 1. The van der Waals surface area contributed by atoms with E-state index in [1.54, 1.807) is 30.9 Å². The lowest BCUT2D eigenvalue weighted by Crippen LogP contribution is -2.31. The standard InChI is InChI=1S/C12H16N2O2/c1-5-7-14(8-6-2)12(15)11-9(3)13-16-10(11)4/h5-6H,1-2,7-8H2,3-4H3. The van der Waals surface area contributed by atoms with E-state index in [1.165, 1.54) is 0 Å². The highest BCUT2D eigenvalue weighted by Crippen LogP contribution is 2.15. The van der Waals surface area contributed by atoms with Crippen LogP contribution in [0.25, 0.3) is 0 Å². The van der Waals surface area contributed by atoms with Gasteiger partial charge in [0, 0.05) is 13.1 Å². The minimum absolute atomic E-state index is 0.101. The number of amides is 1. The molecule has 1 aromatic rings. The Morgan fingerprint density at radius 3 is 2.31 bits per heavy atom. The molecule has 1 heterocycles. The van der Waals surface area contributed by atoms with Crippen LogP contribution in [0.15, 0.2) is 29.8 Å². The van der Waals surface area contributed by atoms with Crippen molar-refractivity contribution in [1.82, 2.24) is 10.1 Å². The first-order valence-electron chi connectivity index (χ1n) is 5.05. The van der Waals surface area contributed by atoms with Gasteiger partial charge in [0.25, 0.3) is 5.91 Å². The first kappa shape index (κ1) is 12.2. The average molecular weight is 220 g/mol. The number of aryl methyl sites for hydroxylation is 2. The summed E-state index contributed by atoms with van der Waals surface area (Å²) in [6, 6.07) is 0. The molecule has 0 N–H and O–H groups in total. The molecule has 0 radical (unpaired) electrons. The topological polar surface area (TPSA) is 46.3 Å². The lowest BCUT2D eigenvalue weighted by molar-refractivity contribution is 0.0788. The van der Waals surface area contributed by atoms with Crippen molar-refractivity contribution in [3.05, 3.63) is 42.3 Å². The van der Waals surface area contributed by atoms with Gasteiger partial charge in [-0.3, -0.25) is 4.79 Å². The molecule has 0 saturated heterocycles. The third-order valence-corrected chi connectivity index (χ3v) is 2.23. The molecule has 86 valence electrons. The number of nitrogens with zero attached hydrogens (tertiary/aromatic N) is 2. The van der Waals surface area contributed by atoms with E-state index in [0.717, 1.165) is 0 Å². The van der Waals surface area contributed by atoms with Crippen molar-refractivity contribution in [2.75, 3.05) is 13.1 Å². The highest BCUT2D eigenvalue weighted by atomic mass is 16.5. The predicted molar refractivity (Wildman–Crippen MR) is 62.3 cm³/mol. The molecule has 0 unspecified atom stereocenters. The van der Waals surface area contributed by atoms with E-state index in [-0.39, 0.29) is 5.91 Å². The number of carbonyl (C=O) groups excluding carboxylic acids is 1. The Hall–Kier alpha value is -1.84. The van der Waals surface area contributed by atoms with Gasteiger partial charge in [0.2, 0.25) is 0 Å². The highest BCUT2D eigenvalue weighted by Gasteiger charge is 2.21. The molecule has 0 aliphatic rings. The van der Waals surface area contributed by atoms with Crippen LogP contribution in [0.3, 0.4) is 0 Å². The monoisotopic (exact) mass is 220 g/mol. The fourth-order valence-electron chi connectivity index (χ4n) is 1.50. The van der Waals surface area contributed by atoms with Crippen molar-refractivity contribution in [3.8, 4) is 0 Å². The summed E-state index contributed by atoms with van der Waals surface area (Å²) in [5, 5.41) is 3.77. The molecule has 1 aromatic heterocycles. The Labute approximate surface area is 95.2 Å². The van der Waals surface area contributed by atoms with Crippen molar-refractivity contribution in [3.63, 3.8) is 0 Å². The normalized spacial score (nSPS) is 9.88. The van der Waals surface area contributed by atoms with Gasteiger partial charge in [0.1, 0.15) is 11.3 Å². The SMILES string of the molecule is C=CCN(CC=C)C(=O)c1c(C)noc1C. The van der Waals surface area contributed by atoms with Crippen molar-refractivity contribution in [2.24, 2.45) is 0 Å². The number of hydrogen-bond acceptors (Lipinski definition) is 3. The average Bonchev–Trinajstić information content (AvgIpc) is 2.57. The van der Waals surface area contributed by atoms with E-state index in [2.05, 4.69) is 18.3 Å². The molecule has 0 saturated carbocycles. The Balaban J connectivity index is 2.98. The lowest BCUT2D eigenvalue weighted by atomic mass is 10.2. The summed E-state index contributed by atoms with van der Waals surface area (Å²) in [5.74, 6) is 0.441. The summed E-state index contributed by atoms with van der Waals surface area (Å²) in [5.41, 5.74) is 1.14. The van der Waals surface area contributed by atoms with Crippen molar-refractivity contribution < 1.29 is 9.32 Å². The second kappa shape index (κ2) is 5.30. The minimum atomic E-state index is -0.101. The first-order valence-corrected chi connectivity index (χ1v) is 5.05. The molecule has 0 aliphatic heterocycles. The van der Waals surface area contributed by atoms with Crippen LogP contribution in [0.2, 0.25) is 0 Å². The molecule has 1 amide bonds. The molecular weight excluding hydrogens is 204 g/mol. The number of hydrogen-bond donors (Lipinski definition) is 0. The van der Waals surface area contributed by atoms with Crippen molar-refractivity contribution in [2.45, 2.75) is 13.8 Å². The van der Waals surface area contributed by atoms with Crippen molar-refractivity contribution >= 4 is 5.91 Å². The molecule has 0 bridgehead atoms.